The van der Waals surface area contributed by atoms with Crippen molar-refractivity contribution in [1.29, 1.82) is 0 Å². The van der Waals surface area contributed by atoms with Gasteiger partial charge in [0.15, 0.2) is 0 Å². The number of nitrogens with one attached hydrogen (secondary N) is 2. The lowest BCUT2D eigenvalue weighted by atomic mass is 9.98. The van der Waals surface area contributed by atoms with Crippen molar-refractivity contribution in [3.8, 4) is 28.4 Å². The van der Waals surface area contributed by atoms with Gasteiger partial charge in [0, 0.05) is 29.7 Å². The predicted octanol–water partition coefficient (Wildman–Crippen LogP) is 5.36. The van der Waals surface area contributed by atoms with Gasteiger partial charge in [-0.1, -0.05) is 12.5 Å². The van der Waals surface area contributed by atoms with Crippen LogP contribution < -0.4 is 10.1 Å². The number of hydrogen-bond donors (Lipinski definition) is 2. The van der Waals surface area contributed by atoms with Gasteiger partial charge in [-0.2, -0.15) is 0 Å². The Morgan fingerprint density at radius 1 is 1.09 bits per heavy atom. The highest BCUT2D eigenvalue weighted by molar-refractivity contribution is 5.97. The third-order valence-corrected chi connectivity index (χ3v) is 5.81. The number of anilines is 1. The number of nitrogens with zero attached hydrogens (tertiary/aromatic N) is 4. The molecule has 1 aliphatic carbocycles. The average molecular weight is 459 g/mol. The summed E-state index contributed by atoms with van der Waals surface area (Å²) < 4.78 is 10.9. The number of aromatic amines is 1. The number of pyridine rings is 1. The molecule has 9 heteroatoms. The van der Waals surface area contributed by atoms with Crippen molar-refractivity contribution >= 4 is 23.1 Å². The molecule has 0 unspecified atom stereocenters. The van der Waals surface area contributed by atoms with E-state index >= 15 is 0 Å². The van der Waals surface area contributed by atoms with Crippen LogP contribution in [-0.4, -0.2) is 43.7 Å². The van der Waals surface area contributed by atoms with E-state index < -0.39 is 6.09 Å². The molecule has 34 heavy (non-hydrogen) atoms. The number of aromatic nitrogens is 5. The molecule has 1 aromatic carbocycles. The molecule has 4 aromatic rings. The number of benzene rings is 1. The Morgan fingerprint density at radius 3 is 2.65 bits per heavy atom. The van der Waals surface area contributed by atoms with Crippen molar-refractivity contribution in [2.45, 2.75) is 45.1 Å². The maximum atomic E-state index is 11.9. The lowest BCUT2D eigenvalue weighted by molar-refractivity contribution is 0.142. The van der Waals surface area contributed by atoms with E-state index in [4.69, 9.17) is 9.47 Å². The number of carbonyl (C=O) groups is 1. The monoisotopic (exact) mass is 458 g/mol. The van der Waals surface area contributed by atoms with Crippen LogP contribution in [0.5, 0.6) is 6.01 Å². The summed E-state index contributed by atoms with van der Waals surface area (Å²) >= 11 is 0. The Labute approximate surface area is 197 Å². The van der Waals surface area contributed by atoms with E-state index in [2.05, 4.69) is 30.2 Å². The molecule has 0 radical (unpaired) electrons. The standard InChI is InChI=1S/C25H26N6O3/c1-2-33-25(32)31-23-29-21-13-16(12-19(22(21)30-23)20-10-6-7-11-26-20)17-14-27-24(28-15-17)34-18-8-4-3-5-9-18/h6-7,10-15,18H,2-5,8-9H2,1H3,(H2,29,30,31,32). The van der Waals surface area contributed by atoms with Crippen LogP contribution in [0, 0.1) is 0 Å². The Hall–Kier alpha value is -4.01. The normalized spacial score (nSPS) is 14.1. The fraction of sp³-hybridized carbons (Fsp3) is 0.320. The first kappa shape index (κ1) is 21.8. The number of H-pyrrole nitrogens is 1. The van der Waals surface area contributed by atoms with E-state index in [0.717, 1.165) is 40.7 Å². The third kappa shape index (κ3) is 4.83. The Kier molecular flexibility index (Phi) is 6.33. The van der Waals surface area contributed by atoms with E-state index in [1.54, 1.807) is 25.5 Å². The molecule has 0 atom stereocenters. The summed E-state index contributed by atoms with van der Waals surface area (Å²) in [7, 11) is 0. The summed E-state index contributed by atoms with van der Waals surface area (Å²) in [5, 5.41) is 2.63. The van der Waals surface area contributed by atoms with Crippen LogP contribution >= 0.6 is 0 Å². The lowest BCUT2D eigenvalue weighted by Crippen LogP contribution is -2.20. The SMILES string of the molecule is CCOC(=O)Nc1nc2c(-c3ccccn3)cc(-c3cnc(OC4CCCCC4)nc3)cc2[nH]1. The molecule has 1 saturated carbocycles. The van der Waals surface area contributed by atoms with Gasteiger partial charge in [-0.15, -0.1) is 0 Å². The number of imidazole rings is 1. The molecule has 1 amide bonds. The highest BCUT2D eigenvalue weighted by Crippen LogP contribution is 2.33. The molecule has 9 nitrogen and oxygen atoms in total. The largest absolute Gasteiger partial charge is 0.460 e. The van der Waals surface area contributed by atoms with Crippen molar-refractivity contribution in [1.82, 2.24) is 24.9 Å². The second-order valence-electron chi connectivity index (χ2n) is 8.20. The molecule has 1 fully saturated rings. The number of rotatable bonds is 6. The predicted molar refractivity (Wildman–Crippen MR) is 128 cm³/mol. The highest BCUT2D eigenvalue weighted by atomic mass is 16.5. The minimum Gasteiger partial charge on any atom is -0.460 e. The summed E-state index contributed by atoms with van der Waals surface area (Å²) in [5.74, 6) is 0.301. The maximum Gasteiger partial charge on any atom is 0.413 e. The first-order valence-electron chi connectivity index (χ1n) is 11.6. The van der Waals surface area contributed by atoms with Crippen LogP contribution in [0.3, 0.4) is 0 Å². The minimum absolute atomic E-state index is 0.196. The fourth-order valence-corrected chi connectivity index (χ4v) is 4.18. The van der Waals surface area contributed by atoms with Gasteiger partial charge < -0.3 is 14.5 Å². The molecule has 0 bridgehead atoms. The van der Waals surface area contributed by atoms with E-state index in [-0.39, 0.29) is 12.7 Å². The summed E-state index contributed by atoms with van der Waals surface area (Å²) in [5.41, 5.74) is 4.75. The molecule has 0 saturated heterocycles. The molecular weight excluding hydrogens is 432 g/mol. The van der Waals surface area contributed by atoms with E-state index in [1.165, 1.54) is 19.3 Å². The first-order chi connectivity index (χ1) is 16.7. The smallest absolute Gasteiger partial charge is 0.413 e. The topological polar surface area (TPSA) is 115 Å². The zero-order chi connectivity index (χ0) is 23.3. The van der Waals surface area contributed by atoms with Gasteiger partial charge in [-0.3, -0.25) is 10.3 Å². The maximum absolute atomic E-state index is 11.9. The van der Waals surface area contributed by atoms with E-state index in [1.807, 2.05) is 30.3 Å². The van der Waals surface area contributed by atoms with Gasteiger partial charge in [0.25, 0.3) is 0 Å². The Balaban J connectivity index is 1.48. The molecule has 5 rings (SSSR count). The number of hydrogen-bond acceptors (Lipinski definition) is 7. The summed E-state index contributed by atoms with van der Waals surface area (Å²) in [6.07, 6.45) is 10.7. The van der Waals surface area contributed by atoms with Crippen LogP contribution in [-0.2, 0) is 4.74 Å². The van der Waals surface area contributed by atoms with Gasteiger partial charge in [0.2, 0.25) is 5.95 Å². The van der Waals surface area contributed by atoms with Gasteiger partial charge in [0.05, 0.1) is 23.3 Å². The van der Waals surface area contributed by atoms with E-state index in [0.29, 0.717) is 17.5 Å². The van der Waals surface area contributed by atoms with Gasteiger partial charge >= 0.3 is 12.1 Å². The van der Waals surface area contributed by atoms with Crippen LogP contribution in [0.15, 0.2) is 48.9 Å². The third-order valence-electron chi connectivity index (χ3n) is 5.81. The van der Waals surface area contributed by atoms with Crippen molar-refractivity contribution in [3.63, 3.8) is 0 Å². The van der Waals surface area contributed by atoms with Crippen molar-refractivity contribution < 1.29 is 14.3 Å². The number of ether oxygens (including phenoxy) is 2. The fourth-order valence-electron chi connectivity index (χ4n) is 4.18. The highest BCUT2D eigenvalue weighted by Gasteiger charge is 2.17. The Morgan fingerprint density at radius 2 is 1.91 bits per heavy atom. The summed E-state index contributed by atoms with van der Waals surface area (Å²) in [6.45, 7) is 2.02. The quantitative estimate of drug-likeness (QED) is 0.399. The molecule has 3 aromatic heterocycles. The molecule has 0 spiro atoms. The molecule has 2 N–H and O–H groups in total. The lowest BCUT2D eigenvalue weighted by Gasteiger charge is -2.21. The van der Waals surface area contributed by atoms with Crippen molar-refractivity contribution in [3.05, 3.63) is 48.9 Å². The number of carbonyl (C=O) groups excluding carboxylic acids is 1. The zero-order valence-corrected chi connectivity index (χ0v) is 19.0. The summed E-state index contributed by atoms with van der Waals surface area (Å²) in [4.78, 5) is 33.0. The van der Waals surface area contributed by atoms with Crippen LogP contribution in [0.25, 0.3) is 33.4 Å². The van der Waals surface area contributed by atoms with Crippen molar-refractivity contribution in [2.24, 2.45) is 0 Å². The summed E-state index contributed by atoms with van der Waals surface area (Å²) in [6, 6.07) is 10.1. The van der Waals surface area contributed by atoms with Gasteiger partial charge in [-0.05, 0) is 62.4 Å². The van der Waals surface area contributed by atoms with Gasteiger partial charge in [0.1, 0.15) is 6.10 Å². The first-order valence-corrected chi connectivity index (χ1v) is 11.6. The van der Waals surface area contributed by atoms with Crippen LogP contribution in [0.2, 0.25) is 0 Å². The second kappa shape index (κ2) is 9.86. The molecule has 1 aliphatic rings. The minimum atomic E-state index is -0.567. The van der Waals surface area contributed by atoms with Crippen molar-refractivity contribution in [2.75, 3.05) is 11.9 Å². The molecule has 3 heterocycles. The molecule has 0 aliphatic heterocycles. The zero-order valence-electron chi connectivity index (χ0n) is 19.0. The molecule has 174 valence electrons. The second-order valence-corrected chi connectivity index (χ2v) is 8.20. The molecular formula is C25H26N6O3. The van der Waals surface area contributed by atoms with Crippen LogP contribution in [0.1, 0.15) is 39.0 Å². The van der Waals surface area contributed by atoms with Crippen LogP contribution in [0.4, 0.5) is 10.7 Å². The van der Waals surface area contributed by atoms with Gasteiger partial charge in [-0.25, -0.2) is 19.7 Å². The van der Waals surface area contributed by atoms with E-state index in [9.17, 15) is 4.79 Å². The number of amides is 1. The number of fused-ring (bicyclic) bond motifs is 1. The Bertz CT molecular complexity index is 1270. The average Bonchev–Trinajstić information content (AvgIpc) is 3.27.